The monoisotopic (exact) mass is 329 g/mol. The fraction of sp³-hybridized carbons (Fsp3) is 0.556. The maximum absolute atomic E-state index is 12.7. The minimum atomic E-state index is -0.103. The Hall–Kier alpha value is -2.08. The summed E-state index contributed by atoms with van der Waals surface area (Å²) in [6, 6.07) is 5.99. The summed E-state index contributed by atoms with van der Waals surface area (Å²) in [6.07, 6.45) is 4.57. The van der Waals surface area contributed by atoms with Crippen molar-refractivity contribution >= 4 is 17.5 Å². The van der Waals surface area contributed by atoms with Crippen molar-refractivity contribution in [3.8, 4) is 5.75 Å². The SMILES string of the molecule is CN1C(=O)COc2ccc(C(=O)N[C@H]3CCCN4CCC[C@@H]34)cc21. The number of benzene rings is 1. The first-order chi connectivity index (χ1) is 11.6. The molecule has 0 unspecified atom stereocenters. The van der Waals surface area contributed by atoms with Gasteiger partial charge in [-0.1, -0.05) is 0 Å². The van der Waals surface area contributed by atoms with Crippen molar-refractivity contribution in [2.24, 2.45) is 0 Å². The van der Waals surface area contributed by atoms with Crippen LogP contribution >= 0.6 is 0 Å². The summed E-state index contributed by atoms with van der Waals surface area (Å²) in [6.45, 7) is 2.36. The van der Waals surface area contributed by atoms with E-state index >= 15 is 0 Å². The number of anilines is 1. The fourth-order valence-corrected chi connectivity index (χ4v) is 4.13. The number of carbonyl (C=O) groups excluding carboxylic acids is 2. The van der Waals surface area contributed by atoms with Crippen LogP contribution in [0, 0.1) is 0 Å². The molecule has 3 aliphatic heterocycles. The molecule has 2 atom stereocenters. The van der Waals surface area contributed by atoms with Crippen molar-refractivity contribution in [2.45, 2.75) is 37.8 Å². The third-order valence-corrected chi connectivity index (χ3v) is 5.46. The van der Waals surface area contributed by atoms with Crippen molar-refractivity contribution in [3.05, 3.63) is 23.8 Å². The van der Waals surface area contributed by atoms with Crippen molar-refractivity contribution in [2.75, 3.05) is 31.6 Å². The van der Waals surface area contributed by atoms with E-state index in [0.29, 0.717) is 23.0 Å². The maximum Gasteiger partial charge on any atom is 0.264 e. The smallest absolute Gasteiger partial charge is 0.264 e. The lowest BCUT2D eigenvalue weighted by Crippen LogP contribution is -2.52. The van der Waals surface area contributed by atoms with Gasteiger partial charge in [-0.25, -0.2) is 0 Å². The van der Waals surface area contributed by atoms with Crippen molar-refractivity contribution in [3.63, 3.8) is 0 Å². The Morgan fingerprint density at radius 2 is 2.04 bits per heavy atom. The van der Waals surface area contributed by atoms with E-state index < -0.39 is 0 Å². The van der Waals surface area contributed by atoms with Gasteiger partial charge in [0.05, 0.1) is 5.69 Å². The van der Waals surface area contributed by atoms with Gasteiger partial charge in [0.25, 0.3) is 11.8 Å². The summed E-state index contributed by atoms with van der Waals surface area (Å²) in [4.78, 5) is 28.5. The Kier molecular flexibility index (Phi) is 3.92. The van der Waals surface area contributed by atoms with E-state index in [0.717, 1.165) is 25.9 Å². The lowest BCUT2D eigenvalue weighted by Gasteiger charge is -2.37. The van der Waals surface area contributed by atoms with Gasteiger partial charge in [-0.3, -0.25) is 14.5 Å². The molecule has 1 aromatic rings. The number of hydrogen-bond donors (Lipinski definition) is 1. The molecule has 24 heavy (non-hydrogen) atoms. The van der Waals surface area contributed by atoms with Gasteiger partial charge in [-0.15, -0.1) is 0 Å². The molecule has 128 valence electrons. The van der Waals surface area contributed by atoms with Crippen LogP contribution in [-0.4, -0.2) is 55.5 Å². The molecule has 4 rings (SSSR count). The van der Waals surface area contributed by atoms with Gasteiger partial charge >= 0.3 is 0 Å². The number of rotatable bonds is 2. The third kappa shape index (κ3) is 2.65. The number of nitrogens with zero attached hydrogens (tertiary/aromatic N) is 2. The number of hydrogen-bond acceptors (Lipinski definition) is 4. The maximum atomic E-state index is 12.7. The molecule has 3 aliphatic rings. The highest BCUT2D eigenvalue weighted by Gasteiger charge is 2.35. The van der Waals surface area contributed by atoms with Crippen LogP contribution in [0.1, 0.15) is 36.0 Å². The highest BCUT2D eigenvalue weighted by molar-refractivity contribution is 6.01. The van der Waals surface area contributed by atoms with E-state index in [-0.39, 0.29) is 24.5 Å². The lowest BCUT2D eigenvalue weighted by molar-refractivity contribution is -0.120. The molecule has 0 aromatic heterocycles. The van der Waals surface area contributed by atoms with Crippen LogP contribution in [0.2, 0.25) is 0 Å². The molecule has 0 spiro atoms. The van der Waals surface area contributed by atoms with E-state index in [1.165, 1.54) is 12.8 Å². The quantitative estimate of drug-likeness (QED) is 0.891. The average molecular weight is 329 g/mol. The zero-order valence-corrected chi connectivity index (χ0v) is 14.0. The van der Waals surface area contributed by atoms with Gasteiger partial charge < -0.3 is 15.0 Å². The molecule has 0 saturated carbocycles. The van der Waals surface area contributed by atoms with Crippen LogP contribution in [-0.2, 0) is 4.79 Å². The summed E-state index contributed by atoms with van der Waals surface area (Å²) >= 11 is 0. The standard InChI is InChI=1S/C18H23N3O3/c1-20-15-10-12(6-7-16(15)24-11-17(20)22)18(23)19-13-4-2-8-21-9-3-5-14(13)21/h6-7,10,13-14H,2-5,8-9,11H2,1H3,(H,19,23)/t13-,14-/m0/s1. The second-order valence-electron chi connectivity index (χ2n) is 6.89. The van der Waals surface area contributed by atoms with Gasteiger partial charge in [0, 0.05) is 24.7 Å². The van der Waals surface area contributed by atoms with E-state index in [1.54, 1.807) is 30.1 Å². The minimum Gasteiger partial charge on any atom is -0.482 e. The minimum absolute atomic E-state index is 0.0502. The van der Waals surface area contributed by atoms with Crippen LogP contribution in [0.5, 0.6) is 5.75 Å². The average Bonchev–Trinajstić information content (AvgIpc) is 3.08. The summed E-state index contributed by atoms with van der Waals surface area (Å²) in [5.74, 6) is 0.477. The normalized spacial score (nSPS) is 26.5. The predicted octanol–water partition coefficient (Wildman–Crippen LogP) is 1.40. The summed E-state index contributed by atoms with van der Waals surface area (Å²) in [5.41, 5.74) is 1.24. The first-order valence-corrected chi connectivity index (χ1v) is 8.72. The molecule has 3 heterocycles. The second kappa shape index (κ2) is 6.09. The molecule has 1 N–H and O–H groups in total. The molecule has 2 fully saturated rings. The Labute approximate surface area is 141 Å². The molecule has 2 amide bonds. The molecular formula is C18H23N3O3. The number of piperidine rings is 1. The Morgan fingerprint density at radius 1 is 1.25 bits per heavy atom. The zero-order chi connectivity index (χ0) is 16.7. The number of ether oxygens (including phenoxy) is 1. The van der Waals surface area contributed by atoms with Gasteiger partial charge in [0.2, 0.25) is 0 Å². The van der Waals surface area contributed by atoms with Gasteiger partial charge in [0.1, 0.15) is 5.75 Å². The number of fused-ring (bicyclic) bond motifs is 2. The molecular weight excluding hydrogens is 306 g/mol. The number of amides is 2. The molecule has 6 nitrogen and oxygen atoms in total. The van der Waals surface area contributed by atoms with E-state index in [4.69, 9.17) is 4.74 Å². The first kappa shape index (κ1) is 15.4. The predicted molar refractivity (Wildman–Crippen MR) is 90.4 cm³/mol. The summed E-state index contributed by atoms with van der Waals surface area (Å²) < 4.78 is 5.42. The molecule has 0 bridgehead atoms. The van der Waals surface area contributed by atoms with Crippen molar-refractivity contribution in [1.82, 2.24) is 10.2 Å². The first-order valence-electron chi connectivity index (χ1n) is 8.72. The molecule has 0 radical (unpaired) electrons. The Bertz CT molecular complexity index is 675. The molecule has 6 heteroatoms. The zero-order valence-electron chi connectivity index (χ0n) is 14.0. The van der Waals surface area contributed by atoms with Crippen LogP contribution in [0.25, 0.3) is 0 Å². The van der Waals surface area contributed by atoms with Gasteiger partial charge in [-0.05, 0) is 57.0 Å². The largest absolute Gasteiger partial charge is 0.482 e. The summed E-state index contributed by atoms with van der Waals surface area (Å²) in [5, 5.41) is 3.21. The Morgan fingerprint density at radius 3 is 2.88 bits per heavy atom. The van der Waals surface area contributed by atoms with Gasteiger partial charge in [-0.2, -0.15) is 0 Å². The molecule has 0 aliphatic carbocycles. The van der Waals surface area contributed by atoms with Crippen LogP contribution in [0.3, 0.4) is 0 Å². The highest BCUT2D eigenvalue weighted by Crippen LogP contribution is 2.32. The second-order valence-corrected chi connectivity index (χ2v) is 6.89. The third-order valence-electron chi connectivity index (χ3n) is 5.46. The van der Waals surface area contributed by atoms with Gasteiger partial charge in [0.15, 0.2) is 6.61 Å². The van der Waals surface area contributed by atoms with Crippen molar-refractivity contribution < 1.29 is 14.3 Å². The van der Waals surface area contributed by atoms with Crippen LogP contribution < -0.4 is 15.0 Å². The number of carbonyl (C=O) groups is 2. The lowest BCUT2D eigenvalue weighted by atomic mass is 9.96. The topological polar surface area (TPSA) is 61.9 Å². The fourth-order valence-electron chi connectivity index (χ4n) is 4.13. The number of likely N-dealkylation sites (N-methyl/N-ethyl adjacent to an activating group) is 1. The molecule has 1 aromatic carbocycles. The summed E-state index contributed by atoms with van der Waals surface area (Å²) in [7, 11) is 1.71. The highest BCUT2D eigenvalue weighted by atomic mass is 16.5. The van der Waals surface area contributed by atoms with E-state index in [1.807, 2.05) is 0 Å². The Balaban J connectivity index is 1.51. The van der Waals surface area contributed by atoms with Crippen LogP contribution in [0.15, 0.2) is 18.2 Å². The van der Waals surface area contributed by atoms with E-state index in [2.05, 4.69) is 10.2 Å². The van der Waals surface area contributed by atoms with E-state index in [9.17, 15) is 9.59 Å². The molecule has 2 saturated heterocycles. The van der Waals surface area contributed by atoms with Crippen molar-refractivity contribution in [1.29, 1.82) is 0 Å². The van der Waals surface area contributed by atoms with Crippen LogP contribution in [0.4, 0.5) is 5.69 Å². The number of nitrogens with one attached hydrogen (secondary N) is 1.